The van der Waals surface area contributed by atoms with Gasteiger partial charge in [0.2, 0.25) is 12.1 Å². The topological polar surface area (TPSA) is 105 Å². The maximum absolute atomic E-state index is 12.4. The first kappa shape index (κ1) is 20.5. The predicted molar refractivity (Wildman–Crippen MR) is 110 cm³/mol. The number of aliphatic imine (C=N–C) groups is 1. The van der Waals surface area contributed by atoms with Crippen LogP contribution in [0.4, 0.5) is 11.4 Å². The molecule has 0 unspecified atom stereocenters. The molecule has 0 amide bonds. The second-order valence-electron chi connectivity index (χ2n) is 7.15. The van der Waals surface area contributed by atoms with E-state index in [4.69, 9.17) is 10.8 Å². The van der Waals surface area contributed by atoms with Gasteiger partial charge in [0.15, 0.2) is 5.78 Å². The quantitative estimate of drug-likeness (QED) is 0.526. The van der Waals surface area contributed by atoms with E-state index in [0.717, 1.165) is 18.5 Å². The van der Waals surface area contributed by atoms with Crippen LogP contribution in [0.25, 0.3) is 0 Å². The second-order valence-corrected chi connectivity index (χ2v) is 7.15. The van der Waals surface area contributed by atoms with Crippen molar-refractivity contribution in [3.63, 3.8) is 0 Å². The summed E-state index contributed by atoms with van der Waals surface area (Å²) in [6.45, 7) is 0.968. The molecule has 8 heteroatoms. The number of carbonyl (C=O) groups is 2. The number of hydrogen-bond acceptors (Lipinski definition) is 6. The molecule has 2 aromatic rings. The van der Waals surface area contributed by atoms with E-state index in [1.165, 1.54) is 6.08 Å². The number of nitrogens with two attached hydrogens (primary N) is 1. The number of allylic oxidation sites excluding steroid dienone is 2. The fourth-order valence-corrected chi connectivity index (χ4v) is 3.22. The standard InChI is InChI=1S/C21H25N5O3/c1-24-7-8-26(14-24)6-5-15-11-16(3-4-17(15)22)23-18-12-21(29)19(13-20(18)28)25(2)9-10-27/h3-4,7-8,11,13-14,27H,5-6,9-10,12H2,1-2H3,(H-,22,28)/p+1. The van der Waals surface area contributed by atoms with Crippen LogP contribution >= 0.6 is 0 Å². The van der Waals surface area contributed by atoms with Gasteiger partial charge in [0.1, 0.15) is 12.4 Å². The molecule has 3 N–H and O–H groups in total. The Morgan fingerprint density at radius 3 is 2.83 bits per heavy atom. The van der Waals surface area contributed by atoms with Gasteiger partial charge in [-0.05, 0) is 23.8 Å². The molecule has 1 aliphatic carbocycles. The number of nitrogen functional groups attached to an aromatic ring is 1. The average Bonchev–Trinajstić information content (AvgIpc) is 3.10. The number of rotatable bonds is 7. The number of aromatic nitrogens is 2. The van der Waals surface area contributed by atoms with E-state index < -0.39 is 0 Å². The summed E-state index contributed by atoms with van der Waals surface area (Å²) in [6.07, 6.45) is 7.92. The second kappa shape index (κ2) is 8.83. The van der Waals surface area contributed by atoms with Gasteiger partial charge in [-0.2, -0.15) is 0 Å². The molecule has 152 valence electrons. The fraction of sp³-hybridized carbons (Fsp3) is 0.333. The Hall–Kier alpha value is -3.26. The van der Waals surface area contributed by atoms with Crippen LogP contribution in [0.15, 0.2) is 53.7 Å². The van der Waals surface area contributed by atoms with Crippen molar-refractivity contribution >= 4 is 28.7 Å². The van der Waals surface area contributed by atoms with Crippen LogP contribution in [0.5, 0.6) is 0 Å². The van der Waals surface area contributed by atoms with E-state index in [1.54, 1.807) is 24.1 Å². The lowest BCUT2D eigenvalue weighted by atomic mass is 9.98. The number of carbonyl (C=O) groups excluding carboxylic acids is 2. The molecule has 29 heavy (non-hydrogen) atoms. The maximum atomic E-state index is 12.4. The van der Waals surface area contributed by atoms with Crippen LogP contribution in [0.1, 0.15) is 12.0 Å². The highest BCUT2D eigenvalue weighted by molar-refractivity contribution is 6.50. The summed E-state index contributed by atoms with van der Waals surface area (Å²) < 4.78 is 4.04. The highest BCUT2D eigenvalue weighted by Gasteiger charge is 2.26. The van der Waals surface area contributed by atoms with E-state index >= 15 is 0 Å². The van der Waals surface area contributed by atoms with Crippen molar-refractivity contribution in [1.29, 1.82) is 0 Å². The van der Waals surface area contributed by atoms with Gasteiger partial charge in [-0.3, -0.25) is 9.59 Å². The molecule has 3 rings (SSSR count). The summed E-state index contributed by atoms with van der Waals surface area (Å²) in [7, 11) is 3.64. The fourth-order valence-electron chi connectivity index (χ4n) is 3.22. The highest BCUT2D eigenvalue weighted by atomic mass is 16.3. The number of aryl methyl sites for hydroxylation is 3. The molecule has 0 saturated carbocycles. The van der Waals surface area contributed by atoms with E-state index in [1.807, 2.05) is 36.4 Å². The number of Topliss-reactive ketones (excluding diaryl/α,β-unsaturated/α-hetero) is 1. The lowest BCUT2D eigenvalue weighted by Crippen LogP contribution is -2.33. The summed E-state index contributed by atoms with van der Waals surface area (Å²) in [5, 5.41) is 9.03. The Kier molecular flexibility index (Phi) is 6.23. The van der Waals surface area contributed by atoms with Crippen LogP contribution in [-0.4, -0.2) is 52.1 Å². The molecule has 0 spiro atoms. The van der Waals surface area contributed by atoms with Gasteiger partial charge >= 0.3 is 0 Å². The monoisotopic (exact) mass is 396 g/mol. The average molecular weight is 396 g/mol. The Balaban J connectivity index is 1.78. The van der Waals surface area contributed by atoms with Crippen molar-refractivity contribution in [2.24, 2.45) is 12.0 Å². The Morgan fingerprint density at radius 2 is 2.14 bits per heavy atom. The molecule has 0 bridgehead atoms. The van der Waals surface area contributed by atoms with Crippen LogP contribution in [-0.2, 0) is 29.6 Å². The largest absolute Gasteiger partial charge is 0.399 e. The summed E-state index contributed by atoms with van der Waals surface area (Å²) in [5.41, 5.74) is 8.83. The minimum atomic E-state index is -0.289. The third kappa shape index (κ3) is 4.97. The zero-order valence-corrected chi connectivity index (χ0v) is 16.7. The van der Waals surface area contributed by atoms with Crippen molar-refractivity contribution in [3.05, 3.63) is 54.3 Å². The Bertz CT molecular complexity index is 990. The van der Waals surface area contributed by atoms with Gasteiger partial charge in [-0.1, -0.05) is 0 Å². The molecular weight excluding hydrogens is 370 g/mol. The molecule has 0 radical (unpaired) electrons. The molecule has 1 aliphatic rings. The number of nitrogens with zero attached hydrogens (tertiary/aromatic N) is 4. The number of benzene rings is 1. The number of hydrogen-bond donors (Lipinski definition) is 2. The predicted octanol–water partition coefficient (Wildman–Crippen LogP) is 0.560. The maximum Gasteiger partial charge on any atom is 0.243 e. The summed E-state index contributed by atoms with van der Waals surface area (Å²) >= 11 is 0. The third-order valence-corrected chi connectivity index (χ3v) is 4.87. The normalized spacial score (nSPS) is 15.7. The summed E-state index contributed by atoms with van der Waals surface area (Å²) in [4.78, 5) is 30.8. The first-order valence-corrected chi connectivity index (χ1v) is 9.45. The van der Waals surface area contributed by atoms with Gasteiger partial charge < -0.3 is 15.7 Å². The van der Waals surface area contributed by atoms with E-state index in [2.05, 4.69) is 9.56 Å². The van der Waals surface area contributed by atoms with Crippen LogP contribution < -0.4 is 10.3 Å². The minimum Gasteiger partial charge on any atom is -0.399 e. The Labute approximate surface area is 169 Å². The van der Waals surface area contributed by atoms with Gasteiger partial charge in [-0.15, -0.1) is 0 Å². The molecule has 8 nitrogen and oxygen atoms in total. The van der Waals surface area contributed by atoms with Crippen molar-refractivity contribution in [3.8, 4) is 0 Å². The van der Waals surface area contributed by atoms with Crippen LogP contribution in [0.2, 0.25) is 0 Å². The summed E-state index contributed by atoms with van der Waals surface area (Å²) in [6, 6.07) is 5.38. The van der Waals surface area contributed by atoms with E-state index in [9.17, 15) is 9.59 Å². The Morgan fingerprint density at radius 1 is 1.34 bits per heavy atom. The molecule has 0 saturated heterocycles. The van der Waals surface area contributed by atoms with Crippen LogP contribution in [0.3, 0.4) is 0 Å². The zero-order valence-electron chi connectivity index (χ0n) is 16.7. The first-order chi connectivity index (χ1) is 13.9. The summed E-state index contributed by atoms with van der Waals surface area (Å²) in [5.74, 6) is -0.474. The molecule has 0 atom stereocenters. The van der Waals surface area contributed by atoms with E-state index in [-0.39, 0.29) is 36.9 Å². The SMILES string of the molecule is CN(CCO)C1=CC(=O)C(=Nc2ccc(N)c(CCn3cc[n+](C)c3)c2)CC1=O. The zero-order chi connectivity index (χ0) is 21.0. The first-order valence-electron chi connectivity index (χ1n) is 9.45. The third-order valence-electron chi connectivity index (χ3n) is 4.87. The van der Waals surface area contributed by atoms with E-state index in [0.29, 0.717) is 17.1 Å². The lowest BCUT2D eigenvalue weighted by molar-refractivity contribution is -0.671. The lowest BCUT2D eigenvalue weighted by Gasteiger charge is -2.23. The van der Waals surface area contributed by atoms with Crippen molar-refractivity contribution in [2.75, 3.05) is 25.9 Å². The molecule has 1 heterocycles. The van der Waals surface area contributed by atoms with Crippen LogP contribution in [0, 0.1) is 0 Å². The van der Waals surface area contributed by atoms with Crippen molar-refractivity contribution < 1.29 is 19.3 Å². The van der Waals surface area contributed by atoms with Gasteiger partial charge in [0, 0.05) is 31.8 Å². The van der Waals surface area contributed by atoms with Crippen molar-refractivity contribution in [2.45, 2.75) is 19.4 Å². The number of imidazole rings is 1. The van der Waals surface area contributed by atoms with Gasteiger partial charge in [0.05, 0.1) is 43.7 Å². The highest BCUT2D eigenvalue weighted by Crippen LogP contribution is 2.23. The molecule has 1 aromatic carbocycles. The molecule has 0 fully saturated rings. The number of aliphatic hydroxyl groups is 1. The van der Waals surface area contributed by atoms with Crippen molar-refractivity contribution in [1.82, 2.24) is 9.47 Å². The molecule has 1 aromatic heterocycles. The number of aliphatic hydroxyl groups excluding tert-OH is 1. The molecular formula is C21H26N5O3+. The number of anilines is 1. The number of likely N-dealkylation sites (N-methyl/N-ethyl adjacent to an activating group) is 1. The number of ketones is 2. The smallest absolute Gasteiger partial charge is 0.243 e. The van der Waals surface area contributed by atoms with Gasteiger partial charge in [-0.25, -0.2) is 14.1 Å². The minimum absolute atomic E-state index is 0.0555. The molecule has 0 aliphatic heterocycles. The van der Waals surface area contributed by atoms with Gasteiger partial charge in [0.25, 0.3) is 0 Å².